The van der Waals surface area contributed by atoms with Crippen molar-refractivity contribution in [3.8, 4) is 0 Å². The Morgan fingerprint density at radius 2 is 2.09 bits per heavy atom. The molecule has 0 fully saturated rings. The highest BCUT2D eigenvalue weighted by atomic mass is 35.5. The molecule has 0 saturated heterocycles. The fourth-order valence-corrected chi connectivity index (χ4v) is 2.38. The highest BCUT2D eigenvalue weighted by Gasteiger charge is 2.12. The average molecular weight is 331 g/mol. The number of hydrogen-bond donors (Lipinski definition) is 3. The van der Waals surface area contributed by atoms with Crippen LogP contribution in [-0.2, 0) is 4.79 Å². The Morgan fingerprint density at radius 3 is 2.87 bits per heavy atom. The fourth-order valence-electron chi connectivity index (χ4n) is 2.22. The quantitative estimate of drug-likeness (QED) is 0.624. The summed E-state index contributed by atoms with van der Waals surface area (Å²) in [4.78, 5) is 27.1. The number of benzene rings is 1. The van der Waals surface area contributed by atoms with E-state index in [0.29, 0.717) is 17.0 Å². The van der Waals surface area contributed by atoms with Gasteiger partial charge in [0.05, 0.1) is 18.9 Å². The number of imidazole rings is 1. The zero-order chi connectivity index (χ0) is 16.2. The Hall–Kier alpha value is -2.67. The lowest BCUT2D eigenvalue weighted by atomic mass is 10.1. The van der Waals surface area contributed by atoms with Gasteiger partial charge in [-0.25, -0.2) is 4.98 Å². The van der Waals surface area contributed by atoms with Crippen molar-refractivity contribution in [1.82, 2.24) is 25.3 Å². The minimum Gasteiger partial charge on any atom is -0.359 e. The zero-order valence-electron chi connectivity index (χ0n) is 12.4. The number of aromatic amines is 1. The van der Waals surface area contributed by atoms with Crippen LogP contribution in [0.15, 0.2) is 36.7 Å². The summed E-state index contributed by atoms with van der Waals surface area (Å²) in [5, 5.41) is 5.95. The number of halogens is 1. The van der Waals surface area contributed by atoms with Crippen molar-refractivity contribution in [2.75, 3.05) is 11.9 Å². The molecule has 0 saturated carbocycles. The Morgan fingerprint density at radius 1 is 1.30 bits per heavy atom. The Balaban J connectivity index is 1.63. The molecule has 1 atom stereocenters. The van der Waals surface area contributed by atoms with E-state index in [1.165, 1.54) is 6.33 Å². The molecule has 118 valence electrons. The van der Waals surface area contributed by atoms with Gasteiger partial charge < -0.3 is 15.6 Å². The molecule has 1 amide bonds. The first-order valence-corrected chi connectivity index (χ1v) is 7.46. The second kappa shape index (κ2) is 6.62. The third kappa shape index (κ3) is 3.57. The summed E-state index contributed by atoms with van der Waals surface area (Å²) in [6.07, 6.45) is 1.50. The van der Waals surface area contributed by atoms with Gasteiger partial charge in [-0.1, -0.05) is 30.3 Å². The number of amides is 1. The predicted molar refractivity (Wildman–Crippen MR) is 88.2 cm³/mol. The van der Waals surface area contributed by atoms with Crippen LogP contribution >= 0.6 is 11.6 Å². The first kappa shape index (κ1) is 15.2. The summed E-state index contributed by atoms with van der Waals surface area (Å²) in [7, 11) is 0. The lowest BCUT2D eigenvalue weighted by Crippen LogP contribution is -2.32. The fraction of sp³-hybridized carbons (Fsp3) is 0.200. The number of carbonyl (C=O) groups is 1. The molecule has 0 aliphatic heterocycles. The summed E-state index contributed by atoms with van der Waals surface area (Å²) >= 11 is 5.84. The van der Waals surface area contributed by atoms with E-state index in [2.05, 4.69) is 30.6 Å². The minimum absolute atomic E-state index is 0.0681. The van der Waals surface area contributed by atoms with Gasteiger partial charge in [-0.15, -0.1) is 0 Å². The molecule has 0 aliphatic carbocycles. The summed E-state index contributed by atoms with van der Waals surface area (Å²) in [5.41, 5.74) is 2.10. The van der Waals surface area contributed by atoms with Gasteiger partial charge in [0.15, 0.2) is 11.5 Å². The van der Waals surface area contributed by atoms with Gasteiger partial charge in [0.25, 0.3) is 0 Å². The number of hydrogen-bond acceptors (Lipinski definition) is 5. The number of aromatic nitrogens is 4. The van der Waals surface area contributed by atoms with Crippen LogP contribution in [-0.4, -0.2) is 32.4 Å². The molecule has 0 radical (unpaired) electrons. The number of rotatable bonds is 5. The summed E-state index contributed by atoms with van der Waals surface area (Å²) in [6, 6.07) is 9.68. The van der Waals surface area contributed by atoms with Gasteiger partial charge in [0.2, 0.25) is 11.2 Å². The van der Waals surface area contributed by atoms with Crippen molar-refractivity contribution >= 4 is 34.5 Å². The maximum Gasteiger partial charge on any atom is 0.239 e. The summed E-state index contributed by atoms with van der Waals surface area (Å²) < 4.78 is 0. The molecular weight excluding hydrogens is 316 g/mol. The molecule has 0 unspecified atom stereocenters. The molecule has 3 rings (SSSR count). The molecule has 2 aromatic heterocycles. The molecule has 1 aromatic carbocycles. The summed E-state index contributed by atoms with van der Waals surface area (Å²) in [6.45, 7) is 2.00. The molecule has 0 aliphatic rings. The Labute approximate surface area is 137 Å². The summed E-state index contributed by atoms with van der Waals surface area (Å²) in [5.74, 6) is 0.295. The minimum atomic E-state index is -0.149. The van der Waals surface area contributed by atoms with Crippen molar-refractivity contribution < 1.29 is 4.79 Å². The molecule has 0 bridgehead atoms. The molecule has 0 spiro atoms. The molecule has 8 heteroatoms. The van der Waals surface area contributed by atoms with Crippen LogP contribution in [0, 0.1) is 0 Å². The molecule has 23 heavy (non-hydrogen) atoms. The monoisotopic (exact) mass is 330 g/mol. The maximum atomic E-state index is 12.1. The smallest absolute Gasteiger partial charge is 0.239 e. The highest BCUT2D eigenvalue weighted by Crippen LogP contribution is 2.18. The van der Waals surface area contributed by atoms with Crippen LogP contribution in [0.25, 0.3) is 11.2 Å². The average Bonchev–Trinajstić information content (AvgIpc) is 3.01. The van der Waals surface area contributed by atoms with Gasteiger partial charge in [-0.3, -0.25) is 4.79 Å². The van der Waals surface area contributed by atoms with E-state index >= 15 is 0 Å². The van der Waals surface area contributed by atoms with Crippen molar-refractivity contribution in [2.45, 2.75) is 13.0 Å². The number of nitrogens with zero attached hydrogens (tertiary/aromatic N) is 3. The van der Waals surface area contributed by atoms with E-state index in [1.54, 1.807) is 0 Å². The van der Waals surface area contributed by atoms with Gasteiger partial charge in [-0.2, -0.15) is 9.97 Å². The van der Waals surface area contributed by atoms with E-state index in [1.807, 2.05) is 37.3 Å². The van der Waals surface area contributed by atoms with Crippen LogP contribution in [0.4, 0.5) is 5.82 Å². The SMILES string of the molecule is C[C@H](NC(=O)CNc1nc(Cl)nc2nc[nH]c12)c1ccccc1. The first-order valence-electron chi connectivity index (χ1n) is 7.08. The number of fused-ring (bicyclic) bond motifs is 1. The van der Waals surface area contributed by atoms with Gasteiger partial charge >= 0.3 is 0 Å². The normalized spacial score (nSPS) is 12.1. The van der Waals surface area contributed by atoms with E-state index in [-0.39, 0.29) is 23.8 Å². The third-order valence-corrected chi connectivity index (χ3v) is 3.52. The number of carbonyl (C=O) groups excluding carboxylic acids is 1. The van der Waals surface area contributed by atoms with E-state index in [0.717, 1.165) is 5.56 Å². The number of anilines is 1. The van der Waals surface area contributed by atoms with Gasteiger partial charge in [0, 0.05) is 0 Å². The van der Waals surface area contributed by atoms with E-state index < -0.39 is 0 Å². The maximum absolute atomic E-state index is 12.1. The first-order chi connectivity index (χ1) is 11.1. The van der Waals surface area contributed by atoms with Crippen LogP contribution < -0.4 is 10.6 Å². The Kier molecular flexibility index (Phi) is 4.38. The van der Waals surface area contributed by atoms with Crippen LogP contribution in [0.1, 0.15) is 18.5 Å². The van der Waals surface area contributed by atoms with E-state index in [4.69, 9.17) is 11.6 Å². The Bertz CT molecular complexity index is 819. The molecule has 7 nitrogen and oxygen atoms in total. The third-order valence-electron chi connectivity index (χ3n) is 3.35. The second-order valence-corrected chi connectivity index (χ2v) is 5.33. The zero-order valence-corrected chi connectivity index (χ0v) is 13.1. The van der Waals surface area contributed by atoms with Crippen molar-refractivity contribution in [3.05, 3.63) is 47.5 Å². The standard InChI is InChI=1S/C15H15ClN6O/c1-9(10-5-3-2-4-6-10)20-11(23)7-17-13-12-14(19-8-18-12)22-15(16)21-13/h2-6,8-9H,7H2,1H3,(H,20,23)(H2,17,18,19,21,22)/t9-/m0/s1. The lowest BCUT2D eigenvalue weighted by Gasteiger charge is -2.14. The van der Waals surface area contributed by atoms with E-state index in [9.17, 15) is 4.79 Å². The molecule has 3 N–H and O–H groups in total. The van der Waals surface area contributed by atoms with Crippen molar-refractivity contribution in [2.24, 2.45) is 0 Å². The molecular formula is C15H15ClN6O. The van der Waals surface area contributed by atoms with Crippen LogP contribution in [0.2, 0.25) is 5.28 Å². The van der Waals surface area contributed by atoms with Gasteiger partial charge in [-0.05, 0) is 24.1 Å². The number of H-pyrrole nitrogens is 1. The van der Waals surface area contributed by atoms with Crippen LogP contribution in [0.5, 0.6) is 0 Å². The largest absolute Gasteiger partial charge is 0.359 e. The second-order valence-electron chi connectivity index (χ2n) is 5.00. The van der Waals surface area contributed by atoms with Gasteiger partial charge in [0.1, 0.15) is 5.52 Å². The number of nitrogens with one attached hydrogen (secondary N) is 3. The van der Waals surface area contributed by atoms with Crippen molar-refractivity contribution in [3.63, 3.8) is 0 Å². The van der Waals surface area contributed by atoms with Crippen LogP contribution in [0.3, 0.4) is 0 Å². The lowest BCUT2D eigenvalue weighted by molar-refractivity contribution is -0.120. The van der Waals surface area contributed by atoms with Crippen molar-refractivity contribution in [1.29, 1.82) is 0 Å². The molecule has 2 heterocycles. The topological polar surface area (TPSA) is 95.6 Å². The highest BCUT2D eigenvalue weighted by molar-refractivity contribution is 6.28. The molecule has 3 aromatic rings. The predicted octanol–water partition coefficient (Wildman–Crippen LogP) is 2.30.